The van der Waals surface area contributed by atoms with E-state index in [1.54, 1.807) is 6.20 Å². The van der Waals surface area contributed by atoms with Gasteiger partial charge in [-0.1, -0.05) is 36.4 Å². The van der Waals surface area contributed by atoms with Gasteiger partial charge in [0, 0.05) is 18.3 Å². The van der Waals surface area contributed by atoms with Gasteiger partial charge in [-0.25, -0.2) is 4.98 Å². The maximum Gasteiger partial charge on any atom is 0.213 e. The van der Waals surface area contributed by atoms with E-state index in [9.17, 15) is 0 Å². The van der Waals surface area contributed by atoms with Crippen LogP contribution in [0, 0.1) is 0 Å². The Balaban J connectivity index is 1.93. The first kappa shape index (κ1) is 13.6. The average molecular weight is 256 g/mol. The van der Waals surface area contributed by atoms with Gasteiger partial charge in [0.15, 0.2) is 0 Å². The standard InChI is InChI=1S/C16H20N2O/c1-18(2)15(12-14-8-4-3-5-9-14)13-19-16-10-6-7-11-17-16/h3-11,15H,12-13H2,1-2H3/t15-/m0/s1. The molecule has 0 radical (unpaired) electrons. The van der Waals surface area contributed by atoms with Crippen LogP contribution in [0.4, 0.5) is 0 Å². The molecular formula is C16H20N2O. The molecule has 0 spiro atoms. The lowest BCUT2D eigenvalue weighted by Gasteiger charge is -2.24. The van der Waals surface area contributed by atoms with Gasteiger partial charge in [-0.2, -0.15) is 0 Å². The van der Waals surface area contributed by atoms with E-state index in [2.05, 4.69) is 48.2 Å². The molecule has 0 unspecified atom stereocenters. The molecule has 2 rings (SSSR count). The number of nitrogens with zero attached hydrogens (tertiary/aromatic N) is 2. The Morgan fingerprint density at radius 1 is 1.05 bits per heavy atom. The van der Waals surface area contributed by atoms with E-state index in [1.807, 2.05) is 24.3 Å². The quantitative estimate of drug-likeness (QED) is 0.794. The van der Waals surface area contributed by atoms with E-state index in [0.29, 0.717) is 18.5 Å². The van der Waals surface area contributed by atoms with Crippen molar-refractivity contribution in [2.24, 2.45) is 0 Å². The van der Waals surface area contributed by atoms with Crippen molar-refractivity contribution in [3.8, 4) is 5.88 Å². The number of ether oxygens (including phenoxy) is 1. The Kier molecular flexibility index (Phi) is 4.93. The Morgan fingerprint density at radius 2 is 1.79 bits per heavy atom. The molecule has 100 valence electrons. The third-order valence-corrected chi connectivity index (χ3v) is 3.11. The minimum Gasteiger partial charge on any atom is -0.476 e. The van der Waals surface area contributed by atoms with E-state index in [-0.39, 0.29) is 0 Å². The maximum atomic E-state index is 5.75. The van der Waals surface area contributed by atoms with Crippen molar-refractivity contribution in [2.75, 3.05) is 20.7 Å². The minimum atomic E-state index is 0.337. The molecule has 0 saturated heterocycles. The van der Waals surface area contributed by atoms with Crippen molar-refractivity contribution in [3.05, 3.63) is 60.3 Å². The molecule has 0 aliphatic rings. The number of hydrogen-bond donors (Lipinski definition) is 0. The van der Waals surface area contributed by atoms with Crippen molar-refractivity contribution < 1.29 is 4.74 Å². The van der Waals surface area contributed by atoms with Gasteiger partial charge >= 0.3 is 0 Å². The molecule has 19 heavy (non-hydrogen) atoms. The van der Waals surface area contributed by atoms with Crippen molar-refractivity contribution in [1.82, 2.24) is 9.88 Å². The molecule has 0 saturated carbocycles. The van der Waals surface area contributed by atoms with Gasteiger partial charge in [0.2, 0.25) is 5.88 Å². The molecule has 1 aromatic heterocycles. The summed E-state index contributed by atoms with van der Waals surface area (Å²) < 4.78 is 5.75. The van der Waals surface area contributed by atoms with Crippen molar-refractivity contribution in [3.63, 3.8) is 0 Å². The number of benzene rings is 1. The summed E-state index contributed by atoms with van der Waals surface area (Å²) in [7, 11) is 4.16. The van der Waals surface area contributed by atoms with Gasteiger partial charge in [-0.3, -0.25) is 0 Å². The monoisotopic (exact) mass is 256 g/mol. The van der Waals surface area contributed by atoms with Gasteiger partial charge in [0.1, 0.15) is 6.61 Å². The molecule has 1 aromatic carbocycles. The van der Waals surface area contributed by atoms with Crippen LogP contribution in [0.15, 0.2) is 54.7 Å². The first-order chi connectivity index (χ1) is 9.25. The second-order valence-electron chi connectivity index (χ2n) is 4.79. The zero-order valence-corrected chi connectivity index (χ0v) is 11.5. The van der Waals surface area contributed by atoms with Crippen LogP contribution in [-0.2, 0) is 6.42 Å². The predicted molar refractivity (Wildman–Crippen MR) is 77.4 cm³/mol. The summed E-state index contributed by atoms with van der Waals surface area (Å²) in [6, 6.07) is 16.5. The van der Waals surface area contributed by atoms with Gasteiger partial charge in [0.25, 0.3) is 0 Å². The molecule has 3 heteroatoms. The molecule has 0 aliphatic heterocycles. The number of aromatic nitrogens is 1. The summed E-state index contributed by atoms with van der Waals surface area (Å²) in [4.78, 5) is 6.37. The van der Waals surface area contributed by atoms with Crippen LogP contribution in [0.5, 0.6) is 5.88 Å². The highest BCUT2D eigenvalue weighted by molar-refractivity contribution is 5.16. The van der Waals surface area contributed by atoms with E-state index >= 15 is 0 Å². The Labute approximate surface area is 114 Å². The zero-order chi connectivity index (χ0) is 13.5. The van der Waals surface area contributed by atoms with Crippen LogP contribution in [-0.4, -0.2) is 36.6 Å². The Bertz CT molecular complexity index is 471. The summed E-state index contributed by atoms with van der Waals surface area (Å²) in [6.07, 6.45) is 2.72. The third-order valence-electron chi connectivity index (χ3n) is 3.11. The first-order valence-electron chi connectivity index (χ1n) is 6.50. The van der Waals surface area contributed by atoms with Crippen molar-refractivity contribution >= 4 is 0 Å². The number of hydrogen-bond acceptors (Lipinski definition) is 3. The van der Waals surface area contributed by atoms with Gasteiger partial charge in [-0.15, -0.1) is 0 Å². The predicted octanol–water partition coefficient (Wildman–Crippen LogP) is 2.63. The van der Waals surface area contributed by atoms with Gasteiger partial charge in [-0.05, 0) is 32.1 Å². The Hall–Kier alpha value is -1.87. The van der Waals surface area contributed by atoms with Crippen LogP contribution in [0.3, 0.4) is 0 Å². The van der Waals surface area contributed by atoms with E-state index in [4.69, 9.17) is 4.74 Å². The minimum absolute atomic E-state index is 0.337. The number of rotatable bonds is 6. The molecule has 1 heterocycles. The molecule has 1 atom stereocenters. The fourth-order valence-electron chi connectivity index (χ4n) is 1.89. The molecule has 0 bridgehead atoms. The first-order valence-corrected chi connectivity index (χ1v) is 6.50. The normalized spacial score (nSPS) is 12.4. The van der Waals surface area contributed by atoms with Crippen LogP contribution in [0.1, 0.15) is 5.56 Å². The van der Waals surface area contributed by atoms with Crippen LogP contribution in [0.25, 0.3) is 0 Å². The molecule has 0 amide bonds. The summed E-state index contributed by atoms with van der Waals surface area (Å²) >= 11 is 0. The summed E-state index contributed by atoms with van der Waals surface area (Å²) in [5.41, 5.74) is 1.32. The fraction of sp³-hybridized carbons (Fsp3) is 0.312. The van der Waals surface area contributed by atoms with Crippen LogP contribution >= 0.6 is 0 Å². The lowest BCUT2D eigenvalue weighted by Crippen LogP contribution is -2.35. The fourth-order valence-corrected chi connectivity index (χ4v) is 1.89. The maximum absolute atomic E-state index is 5.75. The summed E-state index contributed by atoms with van der Waals surface area (Å²) in [5.74, 6) is 0.683. The highest BCUT2D eigenvalue weighted by Gasteiger charge is 2.13. The second-order valence-corrected chi connectivity index (χ2v) is 4.79. The smallest absolute Gasteiger partial charge is 0.213 e. The number of likely N-dealkylation sites (N-methyl/N-ethyl adjacent to an activating group) is 1. The zero-order valence-electron chi connectivity index (χ0n) is 11.5. The SMILES string of the molecule is CN(C)[C@H](COc1ccccn1)Cc1ccccc1. The molecule has 0 aliphatic carbocycles. The van der Waals surface area contributed by atoms with E-state index < -0.39 is 0 Å². The van der Waals surface area contributed by atoms with E-state index in [0.717, 1.165) is 6.42 Å². The van der Waals surface area contributed by atoms with E-state index in [1.165, 1.54) is 5.56 Å². The summed E-state index contributed by atoms with van der Waals surface area (Å²) in [5, 5.41) is 0. The highest BCUT2D eigenvalue weighted by atomic mass is 16.5. The molecule has 0 N–H and O–H groups in total. The number of pyridine rings is 1. The summed E-state index contributed by atoms with van der Waals surface area (Å²) in [6.45, 7) is 0.638. The second kappa shape index (κ2) is 6.90. The van der Waals surface area contributed by atoms with Crippen molar-refractivity contribution in [1.29, 1.82) is 0 Å². The van der Waals surface area contributed by atoms with Crippen LogP contribution in [0.2, 0.25) is 0 Å². The molecule has 0 fully saturated rings. The topological polar surface area (TPSA) is 25.4 Å². The van der Waals surface area contributed by atoms with Gasteiger partial charge < -0.3 is 9.64 Å². The largest absolute Gasteiger partial charge is 0.476 e. The highest BCUT2D eigenvalue weighted by Crippen LogP contribution is 2.10. The Morgan fingerprint density at radius 3 is 2.42 bits per heavy atom. The molecule has 3 nitrogen and oxygen atoms in total. The van der Waals surface area contributed by atoms with Gasteiger partial charge in [0.05, 0.1) is 0 Å². The molecule has 2 aromatic rings. The average Bonchev–Trinajstić information content (AvgIpc) is 2.45. The molecular weight excluding hydrogens is 236 g/mol. The van der Waals surface area contributed by atoms with Crippen molar-refractivity contribution in [2.45, 2.75) is 12.5 Å². The van der Waals surface area contributed by atoms with Crippen LogP contribution < -0.4 is 4.74 Å². The lowest BCUT2D eigenvalue weighted by molar-refractivity contribution is 0.180. The lowest BCUT2D eigenvalue weighted by atomic mass is 10.1. The third kappa shape index (κ3) is 4.38.